The van der Waals surface area contributed by atoms with Crippen LogP contribution in [0.1, 0.15) is 12.0 Å². The fourth-order valence-corrected chi connectivity index (χ4v) is 2.53. The van der Waals surface area contributed by atoms with Crippen LogP contribution in [0.25, 0.3) is 0 Å². The van der Waals surface area contributed by atoms with Crippen LogP contribution >= 0.6 is 8.58 Å². The van der Waals surface area contributed by atoms with Gasteiger partial charge in [-0.05, 0) is 23.5 Å². The SMILES string of the molecule is COCCc1ccccc1PCCC#N. The Balaban J connectivity index is 2.56. The first-order chi connectivity index (χ1) is 7.38. The normalized spacial score (nSPS) is 10.7. The third-order valence-electron chi connectivity index (χ3n) is 2.15. The summed E-state index contributed by atoms with van der Waals surface area (Å²) in [4.78, 5) is 0. The molecule has 80 valence electrons. The Labute approximate surface area is 93.0 Å². The summed E-state index contributed by atoms with van der Waals surface area (Å²) in [5.41, 5.74) is 1.36. The highest BCUT2D eigenvalue weighted by atomic mass is 31.1. The van der Waals surface area contributed by atoms with E-state index in [0.29, 0.717) is 6.42 Å². The third-order valence-corrected chi connectivity index (χ3v) is 3.51. The molecule has 1 aromatic carbocycles. The fraction of sp³-hybridized carbons (Fsp3) is 0.417. The first kappa shape index (κ1) is 12.2. The van der Waals surface area contributed by atoms with Crippen LogP contribution in [0.4, 0.5) is 0 Å². The van der Waals surface area contributed by atoms with Gasteiger partial charge in [0.1, 0.15) is 0 Å². The van der Waals surface area contributed by atoms with Crippen molar-refractivity contribution >= 4 is 13.9 Å². The molecule has 0 spiro atoms. The number of nitriles is 1. The molecule has 1 atom stereocenters. The topological polar surface area (TPSA) is 33.0 Å². The summed E-state index contributed by atoms with van der Waals surface area (Å²) in [6, 6.07) is 10.6. The van der Waals surface area contributed by atoms with E-state index in [1.165, 1.54) is 10.9 Å². The number of ether oxygens (including phenoxy) is 1. The second kappa shape index (κ2) is 7.40. The smallest absolute Gasteiger partial charge is 0.0625 e. The molecule has 0 heterocycles. The molecular weight excluding hydrogens is 205 g/mol. The van der Waals surface area contributed by atoms with Gasteiger partial charge in [-0.15, -0.1) is 0 Å². The van der Waals surface area contributed by atoms with E-state index in [9.17, 15) is 0 Å². The van der Waals surface area contributed by atoms with E-state index >= 15 is 0 Å². The summed E-state index contributed by atoms with van der Waals surface area (Å²) in [6.45, 7) is 0.764. The minimum atomic E-state index is 0.650. The van der Waals surface area contributed by atoms with Crippen LogP contribution in [0.3, 0.4) is 0 Å². The number of hydrogen-bond donors (Lipinski definition) is 0. The minimum Gasteiger partial charge on any atom is -0.384 e. The monoisotopic (exact) mass is 221 g/mol. The maximum atomic E-state index is 8.49. The van der Waals surface area contributed by atoms with Crippen molar-refractivity contribution in [3.63, 3.8) is 0 Å². The van der Waals surface area contributed by atoms with E-state index in [-0.39, 0.29) is 0 Å². The number of rotatable bonds is 6. The van der Waals surface area contributed by atoms with Gasteiger partial charge in [0, 0.05) is 13.5 Å². The molecule has 1 unspecified atom stereocenters. The summed E-state index contributed by atoms with van der Waals surface area (Å²) < 4.78 is 5.08. The molecule has 0 aliphatic rings. The molecule has 0 aromatic heterocycles. The van der Waals surface area contributed by atoms with Crippen LogP contribution < -0.4 is 5.30 Å². The van der Waals surface area contributed by atoms with Gasteiger partial charge >= 0.3 is 0 Å². The molecule has 0 bridgehead atoms. The summed E-state index contributed by atoms with van der Waals surface area (Å²) in [6.07, 6.45) is 2.59. The van der Waals surface area contributed by atoms with E-state index < -0.39 is 0 Å². The lowest BCUT2D eigenvalue weighted by Crippen LogP contribution is -2.07. The molecule has 1 aromatic rings. The first-order valence-electron chi connectivity index (χ1n) is 5.06. The highest BCUT2D eigenvalue weighted by Crippen LogP contribution is 2.14. The second-order valence-electron chi connectivity index (χ2n) is 3.23. The summed E-state index contributed by atoms with van der Waals surface area (Å²) in [5.74, 6) is 0. The van der Waals surface area contributed by atoms with Crippen molar-refractivity contribution in [1.29, 1.82) is 5.26 Å². The molecule has 0 amide bonds. The van der Waals surface area contributed by atoms with Gasteiger partial charge < -0.3 is 4.74 Å². The number of hydrogen-bond acceptors (Lipinski definition) is 2. The Morgan fingerprint density at radius 1 is 1.40 bits per heavy atom. The zero-order valence-electron chi connectivity index (χ0n) is 8.99. The lowest BCUT2D eigenvalue weighted by atomic mass is 10.2. The summed E-state index contributed by atoms with van der Waals surface area (Å²) in [7, 11) is 2.47. The molecule has 2 nitrogen and oxygen atoms in total. The lowest BCUT2D eigenvalue weighted by Gasteiger charge is -2.07. The Morgan fingerprint density at radius 2 is 2.20 bits per heavy atom. The minimum absolute atomic E-state index is 0.650. The van der Waals surface area contributed by atoms with E-state index in [2.05, 4.69) is 30.3 Å². The van der Waals surface area contributed by atoms with E-state index in [4.69, 9.17) is 10.00 Å². The van der Waals surface area contributed by atoms with Crippen LogP contribution in [0, 0.1) is 11.3 Å². The van der Waals surface area contributed by atoms with Gasteiger partial charge in [-0.2, -0.15) is 5.26 Å². The zero-order valence-corrected chi connectivity index (χ0v) is 9.99. The molecule has 0 fully saturated rings. The van der Waals surface area contributed by atoms with Gasteiger partial charge in [0.2, 0.25) is 0 Å². The molecule has 0 saturated heterocycles. The van der Waals surface area contributed by atoms with Crippen LogP contribution in [0.5, 0.6) is 0 Å². The highest BCUT2D eigenvalue weighted by molar-refractivity contribution is 7.47. The van der Waals surface area contributed by atoms with Gasteiger partial charge in [0.15, 0.2) is 0 Å². The zero-order chi connectivity index (χ0) is 10.9. The van der Waals surface area contributed by atoms with E-state index in [0.717, 1.165) is 27.8 Å². The van der Waals surface area contributed by atoms with E-state index in [1.807, 2.05) is 0 Å². The molecular formula is C12H16NOP. The summed E-state index contributed by atoms with van der Waals surface area (Å²) >= 11 is 0. The van der Waals surface area contributed by atoms with Gasteiger partial charge in [0.25, 0.3) is 0 Å². The largest absolute Gasteiger partial charge is 0.384 e. The van der Waals surface area contributed by atoms with Crippen molar-refractivity contribution in [3.05, 3.63) is 29.8 Å². The predicted octanol–water partition coefficient (Wildman–Crippen LogP) is 2.09. The van der Waals surface area contributed by atoms with Crippen LogP contribution in [-0.4, -0.2) is 19.9 Å². The van der Waals surface area contributed by atoms with Crippen LogP contribution in [-0.2, 0) is 11.2 Å². The molecule has 3 heteroatoms. The standard InChI is InChI=1S/C12H16NOP/c1-14-9-7-11-5-2-3-6-12(11)15-10-4-8-13/h2-3,5-6,15H,4,7,9-10H2,1H3. The van der Waals surface area contributed by atoms with Gasteiger partial charge in [-0.1, -0.05) is 32.8 Å². The number of benzene rings is 1. The molecule has 1 rings (SSSR count). The molecule has 0 aliphatic heterocycles. The molecule has 0 saturated carbocycles. The van der Waals surface area contributed by atoms with Gasteiger partial charge in [-0.3, -0.25) is 0 Å². The molecule has 0 radical (unpaired) electrons. The third kappa shape index (κ3) is 4.42. The Morgan fingerprint density at radius 3 is 2.93 bits per heavy atom. The van der Waals surface area contributed by atoms with Crippen molar-refractivity contribution in [2.45, 2.75) is 12.8 Å². The van der Waals surface area contributed by atoms with Crippen LogP contribution in [0.2, 0.25) is 0 Å². The molecule has 15 heavy (non-hydrogen) atoms. The highest BCUT2D eigenvalue weighted by Gasteiger charge is 2.00. The predicted molar refractivity (Wildman–Crippen MR) is 65.1 cm³/mol. The summed E-state index contributed by atoms with van der Waals surface area (Å²) in [5, 5.41) is 9.87. The van der Waals surface area contributed by atoms with Crippen molar-refractivity contribution < 1.29 is 4.74 Å². The van der Waals surface area contributed by atoms with Crippen molar-refractivity contribution in [1.82, 2.24) is 0 Å². The van der Waals surface area contributed by atoms with Gasteiger partial charge in [0.05, 0.1) is 12.7 Å². The van der Waals surface area contributed by atoms with Crippen molar-refractivity contribution in [3.8, 4) is 6.07 Å². The van der Waals surface area contributed by atoms with Gasteiger partial charge in [-0.25, -0.2) is 0 Å². The lowest BCUT2D eigenvalue weighted by molar-refractivity contribution is 0.202. The first-order valence-corrected chi connectivity index (χ1v) is 6.27. The van der Waals surface area contributed by atoms with E-state index in [1.54, 1.807) is 7.11 Å². The average molecular weight is 221 g/mol. The Hall–Kier alpha value is -0.900. The number of nitrogens with zero attached hydrogens (tertiary/aromatic N) is 1. The number of methoxy groups -OCH3 is 1. The maximum absolute atomic E-state index is 8.49. The Kier molecular flexibility index (Phi) is 6.00. The maximum Gasteiger partial charge on any atom is 0.0625 e. The fourth-order valence-electron chi connectivity index (χ4n) is 1.38. The molecule has 0 N–H and O–H groups in total. The second-order valence-corrected chi connectivity index (χ2v) is 4.63. The average Bonchev–Trinajstić information content (AvgIpc) is 2.28. The van der Waals surface area contributed by atoms with Crippen LogP contribution in [0.15, 0.2) is 24.3 Å². The quantitative estimate of drug-likeness (QED) is 0.544. The van der Waals surface area contributed by atoms with Crippen molar-refractivity contribution in [2.24, 2.45) is 0 Å². The van der Waals surface area contributed by atoms with Crippen molar-refractivity contribution in [2.75, 3.05) is 19.9 Å². The molecule has 0 aliphatic carbocycles. The Bertz CT molecular complexity index is 333.